The first-order valence-electron chi connectivity index (χ1n) is 5.18. The molecule has 0 fully saturated rings. The highest BCUT2D eigenvalue weighted by Crippen LogP contribution is 2.18. The van der Waals surface area contributed by atoms with E-state index >= 15 is 0 Å². The number of aromatic nitrogens is 3. The number of rotatable bonds is 1. The van der Waals surface area contributed by atoms with Gasteiger partial charge in [-0.3, -0.25) is 0 Å². The van der Waals surface area contributed by atoms with Crippen molar-refractivity contribution in [3.8, 4) is 11.4 Å². The summed E-state index contributed by atoms with van der Waals surface area (Å²) in [5, 5.41) is 12.0. The van der Waals surface area contributed by atoms with E-state index in [4.69, 9.17) is 0 Å². The van der Waals surface area contributed by atoms with Gasteiger partial charge < -0.3 is 5.21 Å². The van der Waals surface area contributed by atoms with Gasteiger partial charge in [-0.05, 0) is 35.3 Å². The molecule has 0 unspecified atom stereocenters. The molecule has 0 radical (unpaired) electrons. The zero-order valence-corrected chi connectivity index (χ0v) is 10.6. The van der Waals surface area contributed by atoms with Gasteiger partial charge in [0.05, 0.1) is 11.8 Å². The van der Waals surface area contributed by atoms with Gasteiger partial charge in [-0.15, -0.1) is 9.36 Å². The van der Waals surface area contributed by atoms with E-state index in [1.54, 1.807) is 12.1 Å². The fourth-order valence-corrected chi connectivity index (χ4v) is 1.98. The lowest BCUT2D eigenvalue weighted by Crippen LogP contribution is -2.34. The van der Waals surface area contributed by atoms with Crippen LogP contribution in [0.15, 0.2) is 47.1 Å². The number of hydrogen-bond donors (Lipinski definition) is 0. The summed E-state index contributed by atoms with van der Waals surface area (Å²) in [6.07, 6.45) is 1.35. The van der Waals surface area contributed by atoms with Crippen molar-refractivity contribution in [3.05, 3.63) is 58.1 Å². The van der Waals surface area contributed by atoms with Crippen molar-refractivity contribution in [1.29, 1.82) is 0 Å². The Labute approximate surface area is 110 Å². The molecule has 0 aliphatic heterocycles. The van der Waals surface area contributed by atoms with Crippen LogP contribution in [0.1, 0.15) is 0 Å². The maximum absolute atomic E-state index is 13.1. The number of pyridine rings is 1. The predicted molar refractivity (Wildman–Crippen MR) is 67.2 cm³/mol. The summed E-state index contributed by atoms with van der Waals surface area (Å²) < 4.78 is 15.2. The zero-order chi connectivity index (χ0) is 12.7. The summed E-state index contributed by atoms with van der Waals surface area (Å²) in [5.74, 6) is -0.177. The Bertz CT molecular complexity index is 724. The van der Waals surface area contributed by atoms with Gasteiger partial charge >= 0.3 is 5.82 Å². The second kappa shape index (κ2) is 4.06. The summed E-state index contributed by atoms with van der Waals surface area (Å²) in [7, 11) is 0. The van der Waals surface area contributed by atoms with E-state index in [1.807, 2.05) is 12.1 Å². The number of fused-ring (bicyclic) bond motifs is 1. The van der Waals surface area contributed by atoms with Crippen molar-refractivity contribution in [1.82, 2.24) is 9.50 Å². The van der Waals surface area contributed by atoms with Gasteiger partial charge in [-0.1, -0.05) is 15.9 Å². The number of hydrogen-bond acceptors (Lipinski definition) is 2. The molecule has 0 bridgehead atoms. The Morgan fingerprint density at radius 3 is 2.67 bits per heavy atom. The summed E-state index contributed by atoms with van der Waals surface area (Å²) in [6, 6.07) is 9.62. The van der Waals surface area contributed by atoms with Gasteiger partial charge in [-0.25, -0.2) is 4.39 Å². The maximum atomic E-state index is 13.1. The van der Waals surface area contributed by atoms with E-state index < -0.39 is 5.82 Å². The van der Waals surface area contributed by atoms with E-state index in [1.165, 1.54) is 22.8 Å². The molecule has 0 N–H and O–H groups in total. The van der Waals surface area contributed by atoms with Crippen LogP contribution in [0.4, 0.5) is 4.39 Å². The van der Waals surface area contributed by atoms with Crippen molar-refractivity contribution in [3.63, 3.8) is 0 Å². The van der Waals surface area contributed by atoms with Crippen LogP contribution in [0.2, 0.25) is 0 Å². The lowest BCUT2D eigenvalue weighted by molar-refractivity contribution is -0.667. The van der Waals surface area contributed by atoms with E-state index in [-0.39, 0.29) is 11.5 Å². The summed E-state index contributed by atoms with van der Waals surface area (Å²) in [4.78, 5) is 4.77. The minimum Gasteiger partial charge on any atom is -0.692 e. The molecular weight excluding hydrogens is 301 g/mol. The van der Waals surface area contributed by atoms with Gasteiger partial charge in [-0.2, -0.15) is 0 Å². The average molecular weight is 308 g/mol. The fraction of sp³-hybridized carbons (Fsp3) is 0. The van der Waals surface area contributed by atoms with Crippen LogP contribution in [0.25, 0.3) is 17.0 Å². The molecule has 4 nitrogen and oxygen atoms in total. The zero-order valence-electron chi connectivity index (χ0n) is 9.05. The highest BCUT2D eigenvalue weighted by atomic mass is 79.9. The Balaban J connectivity index is 2.23. The Morgan fingerprint density at radius 1 is 1.22 bits per heavy atom. The predicted octanol–water partition coefficient (Wildman–Crippen LogP) is 2.54. The number of benzene rings is 1. The van der Waals surface area contributed by atoms with Gasteiger partial charge in [0.2, 0.25) is 0 Å². The first-order chi connectivity index (χ1) is 8.65. The average Bonchev–Trinajstić information content (AvgIpc) is 2.67. The molecule has 6 heteroatoms. The molecule has 3 rings (SSSR count). The quantitative estimate of drug-likeness (QED) is 0.512. The van der Waals surface area contributed by atoms with Crippen LogP contribution in [0.3, 0.4) is 0 Å². The van der Waals surface area contributed by atoms with Crippen LogP contribution in [-0.4, -0.2) is 9.50 Å². The number of halogens is 2. The largest absolute Gasteiger partial charge is 0.692 e. The van der Waals surface area contributed by atoms with E-state index in [0.29, 0.717) is 10.4 Å². The molecule has 0 atom stereocenters. The monoisotopic (exact) mass is 307 g/mol. The van der Waals surface area contributed by atoms with Crippen molar-refractivity contribution < 1.29 is 9.24 Å². The molecule has 2 aromatic heterocycles. The lowest BCUT2D eigenvalue weighted by Gasteiger charge is -2.01. The molecule has 0 saturated heterocycles. The van der Waals surface area contributed by atoms with Gasteiger partial charge in [0.25, 0.3) is 5.65 Å². The SMILES string of the molecule is [O-][n+]1c(-c2ccc(Br)cc2)nc2cc(F)ccn21. The second-order valence-electron chi connectivity index (χ2n) is 3.76. The lowest BCUT2D eigenvalue weighted by atomic mass is 10.2. The molecule has 3 aromatic rings. The Hall–Kier alpha value is -1.95. The minimum absolute atomic E-state index is 0.244. The molecule has 1 aromatic carbocycles. The maximum Gasteiger partial charge on any atom is 0.355 e. The van der Waals surface area contributed by atoms with Gasteiger partial charge in [0.1, 0.15) is 5.82 Å². The summed E-state index contributed by atoms with van der Waals surface area (Å²) in [6.45, 7) is 0. The molecule has 0 amide bonds. The second-order valence-corrected chi connectivity index (χ2v) is 4.68. The third-order valence-electron chi connectivity index (χ3n) is 2.58. The van der Waals surface area contributed by atoms with Crippen molar-refractivity contribution in [2.24, 2.45) is 0 Å². The van der Waals surface area contributed by atoms with Crippen LogP contribution in [0, 0.1) is 11.0 Å². The van der Waals surface area contributed by atoms with Crippen LogP contribution < -0.4 is 4.85 Å². The highest BCUT2D eigenvalue weighted by Gasteiger charge is 2.18. The molecule has 0 spiro atoms. The fourth-order valence-electron chi connectivity index (χ4n) is 1.72. The van der Waals surface area contributed by atoms with Crippen molar-refractivity contribution in [2.45, 2.75) is 0 Å². The third-order valence-corrected chi connectivity index (χ3v) is 3.11. The molecular formula is C12H7BrFN3O. The molecule has 90 valence electrons. The molecule has 0 aliphatic carbocycles. The van der Waals surface area contributed by atoms with Gasteiger partial charge in [0, 0.05) is 10.5 Å². The summed E-state index contributed by atoms with van der Waals surface area (Å²) in [5.41, 5.74) is 0.959. The molecule has 0 saturated carbocycles. The van der Waals surface area contributed by atoms with Crippen molar-refractivity contribution in [2.75, 3.05) is 0 Å². The first-order valence-corrected chi connectivity index (χ1v) is 5.98. The highest BCUT2D eigenvalue weighted by molar-refractivity contribution is 9.10. The van der Waals surface area contributed by atoms with E-state index in [2.05, 4.69) is 20.9 Å². The van der Waals surface area contributed by atoms with Crippen LogP contribution in [-0.2, 0) is 0 Å². The first kappa shape index (κ1) is 11.2. The van der Waals surface area contributed by atoms with Crippen LogP contribution in [0.5, 0.6) is 0 Å². The Morgan fingerprint density at radius 2 is 1.94 bits per heavy atom. The van der Waals surface area contributed by atoms with E-state index in [9.17, 15) is 9.60 Å². The third kappa shape index (κ3) is 1.74. The standard InChI is InChI=1S/C12H7BrFN3O/c13-9-3-1-8(2-4-9)12-15-11-7-10(14)5-6-16(11)17(12)18/h1-7H. The summed E-state index contributed by atoms with van der Waals surface area (Å²) >= 11 is 3.32. The Kier molecular flexibility index (Phi) is 2.52. The molecule has 0 aliphatic rings. The number of nitrogens with zero attached hydrogens (tertiary/aromatic N) is 3. The normalized spacial score (nSPS) is 11.0. The van der Waals surface area contributed by atoms with E-state index in [0.717, 1.165) is 4.47 Å². The smallest absolute Gasteiger partial charge is 0.355 e. The minimum atomic E-state index is -0.421. The van der Waals surface area contributed by atoms with Crippen LogP contribution >= 0.6 is 15.9 Å². The van der Waals surface area contributed by atoms with Crippen molar-refractivity contribution >= 4 is 21.6 Å². The van der Waals surface area contributed by atoms with Gasteiger partial charge in [0.15, 0.2) is 0 Å². The topological polar surface area (TPSA) is 44.2 Å². The molecule has 18 heavy (non-hydrogen) atoms. The molecule has 2 heterocycles.